The van der Waals surface area contributed by atoms with E-state index in [0.717, 1.165) is 60.6 Å². The zero-order valence-corrected chi connectivity index (χ0v) is 26.7. The second-order valence-electron chi connectivity index (χ2n) is 12.7. The lowest BCUT2D eigenvalue weighted by atomic mass is 9.90. The Labute approximate surface area is 287 Å². The first kappa shape index (κ1) is 27.9. The molecule has 0 radical (unpaired) electrons. The molecule has 4 heteroatoms. The molecule has 0 aliphatic carbocycles. The van der Waals surface area contributed by atoms with E-state index < -0.39 is 0 Å². The molecule has 0 saturated carbocycles. The van der Waals surface area contributed by atoms with Gasteiger partial charge in [0.15, 0.2) is 5.69 Å². The smallest absolute Gasteiger partial charge is 0.188 e. The summed E-state index contributed by atoms with van der Waals surface area (Å²) >= 11 is 0. The molecular formula is C46H25N3O. The Morgan fingerprint density at radius 3 is 2.00 bits per heavy atom. The second kappa shape index (κ2) is 10.7. The Balaban J connectivity index is 1.20. The number of hydrogen-bond donors (Lipinski definition) is 0. The first-order valence-corrected chi connectivity index (χ1v) is 16.5. The molecule has 0 amide bonds. The Hall–Kier alpha value is -7.14. The summed E-state index contributed by atoms with van der Waals surface area (Å²) in [5.74, 6) is 0. The summed E-state index contributed by atoms with van der Waals surface area (Å²) in [7, 11) is 0. The molecule has 10 rings (SSSR count). The van der Waals surface area contributed by atoms with Crippen LogP contribution in [0, 0.1) is 17.9 Å². The van der Waals surface area contributed by atoms with E-state index in [4.69, 9.17) is 11.0 Å². The molecule has 0 bridgehead atoms. The fraction of sp³-hybridized carbons (Fsp3) is 0. The van der Waals surface area contributed by atoms with Gasteiger partial charge in [-0.1, -0.05) is 91.0 Å². The average molecular weight is 636 g/mol. The molecule has 230 valence electrons. The van der Waals surface area contributed by atoms with Gasteiger partial charge in [-0.2, -0.15) is 5.26 Å². The third kappa shape index (κ3) is 4.10. The Morgan fingerprint density at radius 2 is 1.18 bits per heavy atom. The van der Waals surface area contributed by atoms with Gasteiger partial charge in [0.1, 0.15) is 11.2 Å². The third-order valence-corrected chi connectivity index (χ3v) is 10.0. The van der Waals surface area contributed by atoms with Gasteiger partial charge in [-0.05, 0) is 110 Å². The number of rotatable bonds is 3. The van der Waals surface area contributed by atoms with Gasteiger partial charge in [0, 0.05) is 21.8 Å². The lowest BCUT2D eigenvalue weighted by Gasteiger charge is -2.14. The van der Waals surface area contributed by atoms with Crippen LogP contribution in [0.15, 0.2) is 156 Å². The van der Waals surface area contributed by atoms with Gasteiger partial charge in [0.2, 0.25) is 0 Å². The predicted octanol–water partition coefficient (Wildman–Crippen LogP) is 12.7. The molecule has 8 aromatic carbocycles. The van der Waals surface area contributed by atoms with Crippen LogP contribution in [-0.2, 0) is 0 Å². The van der Waals surface area contributed by atoms with Crippen molar-refractivity contribution in [3.05, 3.63) is 169 Å². The molecule has 0 N–H and O–H groups in total. The number of nitrogens with zero attached hydrogens (tertiary/aromatic N) is 3. The summed E-state index contributed by atoms with van der Waals surface area (Å²) in [6.07, 6.45) is 0. The van der Waals surface area contributed by atoms with E-state index in [9.17, 15) is 5.26 Å². The van der Waals surface area contributed by atoms with Crippen molar-refractivity contribution in [2.24, 2.45) is 0 Å². The minimum atomic E-state index is 0.597. The number of nitriles is 1. The van der Waals surface area contributed by atoms with Crippen molar-refractivity contribution in [1.82, 2.24) is 4.57 Å². The molecule has 0 aliphatic heterocycles. The van der Waals surface area contributed by atoms with Gasteiger partial charge in [-0.15, -0.1) is 0 Å². The van der Waals surface area contributed by atoms with Crippen molar-refractivity contribution in [1.29, 1.82) is 5.26 Å². The summed E-state index contributed by atoms with van der Waals surface area (Å²) in [5, 5.41) is 18.4. The van der Waals surface area contributed by atoms with Crippen LogP contribution >= 0.6 is 0 Å². The first-order valence-electron chi connectivity index (χ1n) is 16.5. The zero-order chi connectivity index (χ0) is 33.3. The molecule has 0 spiro atoms. The minimum Gasteiger partial charge on any atom is -0.456 e. The first-order chi connectivity index (χ1) is 24.7. The maximum Gasteiger partial charge on any atom is 0.188 e. The molecule has 50 heavy (non-hydrogen) atoms. The lowest BCUT2D eigenvalue weighted by Crippen LogP contribution is -1.93. The van der Waals surface area contributed by atoms with Gasteiger partial charge in [-0.25, -0.2) is 4.85 Å². The van der Waals surface area contributed by atoms with E-state index in [1.165, 1.54) is 32.7 Å². The maximum absolute atomic E-state index is 9.55. The topological polar surface area (TPSA) is 46.2 Å². The largest absolute Gasteiger partial charge is 0.456 e. The summed E-state index contributed by atoms with van der Waals surface area (Å²) in [4.78, 5) is 3.78. The fourth-order valence-electron chi connectivity index (χ4n) is 7.75. The predicted molar refractivity (Wildman–Crippen MR) is 205 cm³/mol. The van der Waals surface area contributed by atoms with E-state index in [2.05, 4.69) is 125 Å². The average Bonchev–Trinajstić information content (AvgIpc) is 3.71. The highest BCUT2D eigenvalue weighted by Crippen LogP contribution is 2.42. The van der Waals surface area contributed by atoms with Crippen LogP contribution in [0.25, 0.3) is 98.1 Å². The SMILES string of the molecule is [C-]#[N+]c1ccc2c(c1)c1cc(-c3ccc(-c4cccc5ccccc45)c4ccccc34)ccc1n2-c1ccc2oc3ccc(C#N)cc3c2c1. The quantitative estimate of drug-likeness (QED) is 0.181. The molecule has 0 fully saturated rings. The van der Waals surface area contributed by atoms with Crippen LogP contribution < -0.4 is 0 Å². The van der Waals surface area contributed by atoms with Crippen LogP contribution in [0.2, 0.25) is 0 Å². The van der Waals surface area contributed by atoms with Gasteiger partial charge in [-0.3, -0.25) is 0 Å². The third-order valence-electron chi connectivity index (χ3n) is 10.0. The van der Waals surface area contributed by atoms with Crippen LogP contribution in [0.1, 0.15) is 5.56 Å². The van der Waals surface area contributed by atoms with Gasteiger partial charge >= 0.3 is 0 Å². The highest BCUT2D eigenvalue weighted by Gasteiger charge is 2.18. The van der Waals surface area contributed by atoms with E-state index in [1.54, 1.807) is 6.07 Å². The van der Waals surface area contributed by atoms with E-state index in [-0.39, 0.29) is 0 Å². The molecule has 0 saturated heterocycles. The summed E-state index contributed by atoms with van der Waals surface area (Å²) in [6, 6.07) is 54.8. The van der Waals surface area contributed by atoms with Crippen molar-refractivity contribution < 1.29 is 4.42 Å². The molecule has 0 aliphatic rings. The molecule has 2 heterocycles. The fourth-order valence-corrected chi connectivity index (χ4v) is 7.75. The maximum atomic E-state index is 9.55. The van der Waals surface area contributed by atoms with Crippen molar-refractivity contribution in [3.63, 3.8) is 0 Å². The van der Waals surface area contributed by atoms with E-state index in [0.29, 0.717) is 11.3 Å². The van der Waals surface area contributed by atoms with Crippen LogP contribution in [-0.4, -0.2) is 4.57 Å². The minimum absolute atomic E-state index is 0.597. The van der Waals surface area contributed by atoms with Crippen molar-refractivity contribution in [2.45, 2.75) is 0 Å². The molecule has 2 aromatic heterocycles. The van der Waals surface area contributed by atoms with Gasteiger partial charge in [0.25, 0.3) is 0 Å². The molecule has 0 unspecified atom stereocenters. The molecular weight excluding hydrogens is 611 g/mol. The van der Waals surface area contributed by atoms with Crippen molar-refractivity contribution in [2.75, 3.05) is 0 Å². The number of fused-ring (bicyclic) bond motifs is 8. The van der Waals surface area contributed by atoms with E-state index >= 15 is 0 Å². The highest BCUT2D eigenvalue weighted by atomic mass is 16.3. The Bertz CT molecular complexity index is 3120. The highest BCUT2D eigenvalue weighted by molar-refractivity contribution is 6.14. The molecule has 0 atom stereocenters. The van der Waals surface area contributed by atoms with Crippen LogP contribution in [0.5, 0.6) is 0 Å². The Morgan fingerprint density at radius 1 is 0.520 bits per heavy atom. The van der Waals surface area contributed by atoms with Crippen molar-refractivity contribution >= 4 is 71.0 Å². The Kier molecular flexibility index (Phi) is 5.97. The van der Waals surface area contributed by atoms with Gasteiger partial charge in [0.05, 0.1) is 29.2 Å². The van der Waals surface area contributed by atoms with Crippen LogP contribution in [0.3, 0.4) is 0 Å². The van der Waals surface area contributed by atoms with Gasteiger partial charge < -0.3 is 8.98 Å². The number of hydrogen-bond acceptors (Lipinski definition) is 2. The number of furan rings is 1. The lowest BCUT2D eigenvalue weighted by molar-refractivity contribution is 0.669. The number of benzene rings is 8. The zero-order valence-electron chi connectivity index (χ0n) is 26.7. The number of aromatic nitrogens is 1. The van der Waals surface area contributed by atoms with Crippen LogP contribution in [0.4, 0.5) is 5.69 Å². The second-order valence-corrected chi connectivity index (χ2v) is 12.7. The summed E-state index contributed by atoms with van der Waals surface area (Å²) < 4.78 is 8.40. The standard InChI is InChI=1S/C46H25N3O/c1-48-31-15-20-44-40(25-31)39-24-30(14-19-43(39)49(44)32-16-22-46-42(26-32)41-23-28(27-47)13-21-45(41)50-46)34-17-18-38(37-11-5-4-10-35(34)37)36-12-6-8-29-7-2-3-9-33(29)36/h2-26H. The molecule has 10 aromatic rings. The molecule has 4 nitrogen and oxygen atoms in total. The van der Waals surface area contributed by atoms with Crippen molar-refractivity contribution in [3.8, 4) is 34.0 Å². The normalized spacial score (nSPS) is 11.6. The summed E-state index contributed by atoms with van der Waals surface area (Å²) in [5.41, 5.74) is 10.5. The summed E-state index contributed by atoms with van der Waals surface area (Å²) in [6.45, 7) is 7.77. The monoisotopic (exact) mass is 635 g/mol. The van der Waals surface area contributed by atoms with E-state index in [1.807, 2.05) is 36.4 Å².